The first-order valence-corrected chi connectivity index (χ1v) is 5.95. The molecule has 0 radical (unpaired) electrons. The van der Waals surface area contributed by atoms with Gasteiger partial charge in [-0.25, -0.2) is 0 Å². The van der Waals surface area contributed by atoms with Crippen LogP contribution >= 0.6 is 22.6 Å². The van der Waals surface area contributed by atoms with Crippen molar-refractivity contribution < 1.29 is 0 Å². The highest BCUT2D eigenvalue weighted by Crippen LogP contribution is 2.31. The van der Waals surface area contributed by atoms with Crippen molar-refractivity contribution in [2.45, 2.75) is 39.0 Å². The van der Waals surface area contributed by atoms with E-state index in [2.05, 4.69) is 29.5 Å². The summed E-state index contributed by atoms with van der Waals surface area (Å²) in [4.78, 5) is 0. The molecule has 0 unspecified atom stereocenters. The van der Waals surface area contributed by atoms with Gasteiger partial charge in [0.25, 0.3) is 0 Å². The summed E-state index contributed by atoms with van der Waals surface area (Å²) < 4.78 is 1.38. The van der Waals surface area contributed by atoms with Crippen molar-refractivity contribution in [3.63, 3.8) is 0 Å². The van der Waals surface area contributed by atoms with Crippen molar-refractivity contribution in [3.8, 4) is 0 Å². The van der Waals surface area contributed by atoms with E-state index in [1.54, 1.807) is 0 Å². The second kappa shape index (κ2) is 4.58. The molecule has 1 heteroatoms. The molecule has 0 spiro atoms. The quantitative estimate of drug-likeness (QED) is 0.520. The molecule has 60 valence electrons. The molecule has 1 aliphatic carbocycles. The molecule has 1 saturated carbocycles. The predicted molar refractivity (Wildman–Crippen MR) is 54.6 cm³/mol. The van der Waals surface area contributed by atoms with Crippen molar-refractivity contribution in [3.05, 3.63) is 0 Å². The maximum absolute atomic E-state index is 2.53. The molecular formula is C9H17I. The molecule has 1 aliphatic rings. The molecule has 0 nitrogen and oxygen atoms in total. The minimum absolute atomic E-state index is 1.06. The fourth-order valence-electron chi connectivity index (χ4n) is 1.79. The van der Waals surface area contributed by atoms with E-state index in [9.17, 15) is 0 Å². The average molecular weight is 252 g/mol. The molecule has 0 aromatic heterocycles. The summed E-state index contributed by atoms with van der Waals surface area (Å²) in [6.07, 6.45) is 7.42. The Bertz CT molecular complexity index is 70.7. The third-order valence-corrected chi connectivity index (χ3v) is 4.01. The van der Waals surface area contributed by atoms with E-state index < -0.39 is 0 Å². The minimum atomic E-state index is 1.06. The Hall–Kier alpha value is 0.730. The van der Waals surface area contributed by atoms with Crippen molar-refractivity contribution in [1.82, 2.24) is 0 Å². The van der Waals surface area contributed by atoms with Gasteiger partial charge in [0.2, 0.25) is 0 Å². The second-order valence-corrected chi connectivity index (χ2v) is 4.33. The highest BCUT2D eigenvalue weighted by Gasteiger charge is 2.18. The van der Waals surface area contributed by atoms with Crippen LogP contribution in [0.25, 0.3) is 0 Å². The van der Waals surface area contributed by atoms with Gasteiger partial charge in [-0.1, -0.05) is 48.8 Å². The summed E-state index contributed by atoms with van der Waals surface area (Å²) in [6.45, 7) is 2.33. The highest BCUT2D eigenvalue weighted by molar-refractivity contribution is 14.1. The average Bonchev–Trinajstić information content (AvgIpc) is 2.05. The van der Waals surface area contributed by atoms with Gasteiger partial charge >= 0.3 is 0 Å². The number of rotatable bonds is 2. The van der Waals surface area contributed by atoms with Crippen LogP contribution in [-0.2, 0) is 0 Å². The topological polar surface area (TPSA) is 0 Å². The van der Waals surface area contributed by atoms with Crippen LogP contribution in [0.5, 0.6) is 0 Å². The zero-order valence-corrected chi connectivity index (χ0v) is 8.93. The number of alkyl halides is 1. The van der Waals surface area contributed by atoms with E-state index in [-0.39, 0.29) is 0 Å². The van der Waals surface area contributed by atoms with Crippen LogP contribution in [-0.4, -0.2) is 4.43 Å². The number of halogens is 1. The maximum Gasteiger partial charge on any atom is 0.00237 e. The van der Waals surface area contributed by atoms with E-state index in [0.29, 0.717) is 0 Å². The first-order valence-electron chi connectivity index (χ1n) is 4.42. The Morgan fingerprint density at radius 3 is 2.00 bits per heavy atom. The molecule has 1 fully saturated rings. The Morgan fingerprint density at radius 2 is 1.60 bits per heavy atom. The summed E-state index contributed by atoms with van der Waals surface area (Å²) in [5, 5.41) is 0. The lowest BCUT2D eigenvalue weighted by molar-refractivity contribution is 0.290. The summed E-state index contributed by atoms with van der Waals surface area (Å²) in [7, 11) is 0. The van der Waals surface area contributed by atoms with Crippen molar-refractivity contribution >= 4 is 22.6 Å². The smallest absolute Gasteiger partial charge is 0.00237 e. The minimum Gasteiger partial charge on any atom is -0.0861 e. The molecule has 1 rings (SSSR count). The van der Waals surface area contributed by atoms with E-state index in [1.807, 2.05) is 0 Å². The lowest BCUT2D eigenvalue weighted by Crippen LogP contribution is -2.14. The lowest BCUT2D eigenvalue weighted by atomic mass is 9.82. The highest BCUT2D eigenvalue weighted by atomic mass is 127. The summed E-state index contributed by atoms with van der Waals surface area (Å²) in [5.41, 5.74) is 0. The Balaban J connectivity index is 2.17. The fraction of sp³-hybridized carbons (Fsp3) is 1.00. The van der Waals surface area contributed by atoms with Crippen molar-refractivity contribution in [2.24, 2.45) is 11.8 Å². The van der Waals surface area contributed by atoms with Crippen molar-refractivity contribution in [2.75, 3.05) is 4.43 Å². The Morgan fingerprint density at radius 1 is 1.10 bits per heavy atom. The van der Waals surface area contributed by atoms with Gasteiger partial charge in [-0.05, 0) is 24.7 Å². The summed E-state index contributed by atoms with van der Waals surface area (Å²) in [5.74, 6) is 2.13. The van der Waals surface area contributed by atoms with Crippen LogP contribution < -0.4 is 0 Å². The SMILES string of the molecule is CC[C@H]1CC[C@H](CI)CC1. The van der Waals surface area contributed by atoms with Crippen LogP contribution in [0.2, 0.25) is 0 Å². The second-order valence-electron chi connectivity index (χ2n) is 3.45. The van der Waals surface area contributed by atoms with Gasteiger partial charge in [0.05, 0.1) is 0 Å². The molecule has 0 amide bonds. The molecule has 0 N–H and O–H groups in total. The van der Waals surface area contributed by atoms with Gasteiger partial charge in [-0.15, -0.1) is 0 Å². The molecular weight excluding hydrogens is 235 g/mol. The first kappa shape index (κ1) is 8.82. The first-order chi connectivity index (χ1) is 4.86. The van der Waals surface area contributed by atoms with Gasteiger partial charge in [0, 0.05) is 4.43 Å². The standard InChI is InChI=1S/C9H17I/c1-2-8-3-5-9(7-10)6-4-8/h8-9H,2-7H2,1H3/t8-,9-. The molecule has 0 aliphatic heterocycles. The third kappa shape index (κ3) is 2.40. The van der Waals surface area contributed by atoms with Crippen LogP contribution in [0.4, 0.5) is 0 Å². The van der Waals surface area contributed by atoms with Crippen molar-refractivity contribution in [1.29, 1.82) is 0 Å². The lowest BCUT2D eigenvalue weighted by Gasteiger charge is -2.26. The van der Waals surface area contributed by atoms with Crippen LogP contribution in [0.15, 0.2) is 0 Å². The number of hydrogen-bond acceptors (Lipinski definition) is 0. The normalized spacial score (nSPS) is 34.2. The Kier molecular flexibility index (Phi) is 4.04. The predicted octanol–water partition coefficient (Wildman–Crippen LogP) is 3.64. The molecule has 0 aromatic carbocycles. The zero-order valence-electron chi connectivity index (χ0n) is 6.78. The van der Waals surface area contributed by atoms with Gasteiger partial charge in [-0.3, -0.25) is 0 Å². The largest absolute Gasteiger partial charge is 0.0861 e. The zero-order chi connectivity index (χ0) is 7.40. The van der Waals surface area contributed by atoms with Gasteiger partial charge in [-0.2, -0.15) is 0 Å². The van der Waals surface area contributed by atoms with Crippen LogP contribution in [0.1, 0.15) is 39.0 Å². The van der Waals surface area contributed by atoms with E-state index >= 15 is 0 Å². The third-order valence-electron chi connectivity index (χ3n) is 2.76. The maximum atomic E-state index is 2.53. The molecule has 0 aromatic rings. The van der Waals surface area contributed by atoms with E-state index in [0.717, 1.165) is 11.8 Å². The molecule has 10 heavy (non-hydrogen) atoms. The fourth-order valence-corrected chi connectivity index (χ4v) is 2.67. The summed E-state index contributed by atoms with van der Waals surface area (Å²) in [6, 6.07) is 0. The molecule has 0 bridgehead atoms. The van der Waals surface area contributed by atoms with E-state index in [4.69, 9.17) is 0 Å². The van der Waals surface area contributed by atoms with Crippen LogP contribution in [0, 0.1) is 11.8 Å². The molecule has 0 heterocycles. The Labute approximate surface area is 77.9 Å². The van der Waals surface area contributed by atoms with Gasteiger partial charge in [0.1, 0.15) is 0 Å². The van der Waals surface area contributed by atoms with Crippen LogP contribution in [0.3, 0.4) is 0 Å². The van der Waals surface area contributed by atoms with E-state index in [1.165, 1.54) is 36.5 Å². The van der Waals surface area contributed by atoms with Gasteiger partial charge in [0.15, 0.2) is 0 Å². The molecule has 0 saturated heterocycles. The van der Waals surface area contributed by atoms with Gasteiger partial charge < -0.3 is 0 Å². The number of hydrogen-bond donors (Lipinski definition) is 0. The molecule has 0 atom stereocenters. The monoisotopic (exact) mass is 252 g/mol. The summed E-state index contributed by atoms with van der Waals surface area (Å²) >= 11 is 2.53.